The van der Waals surface area contributed by atoms with E-state index in [1.54, 1.807) is 26.5 Å². The molecular formula is C50H50Cl3F6N15O. The standard InChI is InChI=1S/C15H12ClF2N5.C15H13F2N5.C14H8Cl2F2N4.C4H8O.CH5N.CH4/c1-19-13-8(6-20-15(16)22-13)14-21-11-4-9(17)10(18)5-12(11)23(14)7-2-3-7;1-18-14-9(6-19-7-20-14)15-21-12-4-10(16)11(17)5-13(12)22(15)8-2-3-8;15-12-7(5-19-14(16)21-12)13-20-10-3-8(17)9(18)4-11(10)22(13)6-1-2-6;1-2-4-5-3-1;1-2;/h4-7H,2-3H2,1H3,(H,19,20,22);4-8H,2-3H2,1H3,(H,18,19,20);3-6H,1-2H2;1-4H2;2H2,1H3;1H4. The number of fused-ring (bicyclic) bond motifs is 3. The van der Waals surface area contributed by atoms with Gasteiger partial charge >= 0.3 is 0 Å². The summed E-state index contributed by atoms with van der Waals surface area (Å²) in [5.41, 5.74) is 9.24. The highest BCUT2D eigenvalue weighted by Gasteiger charge is 2.33. The number of ether oxygens (including phenoxy) is 1. The molecule has 0 atom stereocenters. The van der Waals surface area contributed by atoms with Crippen molar-refractivity contribution in [3.63, 3.8) is 0 Å². The Morgan fingerprint density at radius 2 is 0.880 bits per heavy atom. The molecule has 1 saturated heterocycles. The number of halogens is 9. The van der Waals surface area contributed by atoms with E-state index in [9.17, 15) is 26.3 Å². The summed E-state index contributed by atoms with van der Waals surface area (Å²) >= 11 is 17.6. The SMILES string of the molecule is C.C1CCOC1.CN.CNc1nc(Cl)ncc1-c1nc2cc(F)c(F)cc2n1C1CC1.CNc1ncncc1-c1nc2cc(F)c(F)cc2n1C1CC1.Fc1cc2nc(-c3cnc(Cl)nc3Cl)n(C3CC3)c2cc1F. The Labute approximate surface area is 441 Å². The molecule has 16 nitrogen and oxygen atoms in total. The van der Waals surface area contributed by atoms with Crippen LogP contribution in [0.1, 0.15) is 76.9 Å². The van der Waals surface area contributed by atoms with Crippen molar-refractivity contribution in [2.75, 3.05) is 45.0 Å². The second kappa shape index (κ2) is 23.4. The molecule has 1 aliphatic heterocycles. The van der Waals surface area contributed by atoms with Crippen molar-refractivity contribution in [3.05, 3.63) is 112 Å². The van der Waals surface area contributed by atoms with Gasteiger partial charge in [0.2, 0.25) is 10.6 Å². The molecule has 13 rings (SSSR count). The average molecular weight is 1100 g/mol. The Morgan fingerprint density at radius 3 is 1.25 bits per heavy atom. The molecule has 6 aromatic heterocycles. The van der Waals surface area contributed by atoms with Gasteiger partial charge in [-0.05, 0) is 81.6 Å². The molecule has 25 heteroatoms. The minimum absolute atomic E-state index is 0. The fourth-order valence-corrected chi connectivity index (χ4v) is 8.88. The van der Waals surface area contributed by atoms with Crippen molar-refractivity contribution >= 4 is 79.5 Å². The lowest BCUT2D eigenvalue weighted by atomic mass is 10.2. The summed E-state index contributed by atoms with van der Waals surface area (Å²) < 4.78 is 92.0. The van der Waals surface area contributed by atoms with Crippen LogP contribution < -0.4 is 16.4 Å². The third kappa shape index (κ3) is 11.7. The molecule has 3 aromatic carbocycles. The number of anilines is 2. The van der Waals surface area contributed by atoms with E-state index >= 15 is 0 Å². The normalized spacial score (nSPS) is 14.7. The maximum Gasteiger partial charge on any atom is 0.224 e. The second-order valence-corrected chi connectivity index (χ2v) is 18.3. The number of benzene rings is 3. The van der Waals surface area contributed by atoms with Crippen molar-refractivity contribution < 1.29 is 31.1 Å². The molecule has 0 amide bonds. The second-order valence-electron chi connectivity index (χ2n) is 17.2. The van der Waals surface area contributed by atoms with Crippen LogP contribution in [0.25, 0.3) is 67.3 Å². The van der Waals surface area contributed by atoms with Crippen LogP contribution in [0, 0.1) is 34.9 Å². The van der Waals surface area contributed by atoms with E-state index in [-0.39, 0.29) is 41.3 Å². The van der Waals surface area contributed by atoms with Crippen molar-refractivity contribution in [1.82, 2.24) is 58.6 Å². The molecule has 7 heterocycles. The van der Waals surface area contributed by atoms with Gasteiger partial charge in [-0.1, -0.05) is 19.0 Å². The van der Waals surface area contributed by atoms with Crippen LogP contribution in [0.3, 0.4) is 0 Å². The number of nitrogens with zero attached hydrogens (tertiary/aromatic N) is 12. The zero-order valence-corrected chi connectivity index (χ0v) is 42.1. The number of hydrogen-bond acceptors (Lipinski definition) is 13. The number of nitrogens with one attached hydrogen (secondary N) is 2. The predicted molar refractivity (Wildman–Crippen MR) is 278 cm³/mol. The Balaban J connectivity index is 0.000000139. The molecule has 0 radical (unpaired) electrons. The maximum atomic E-state index is 13.7. The summed E-state index contributed by atoms with van der Waals surface area (Å²) in [6.45, 7) is 2.00. The van der Waals surface area contributed by atoms with Crippen LogP contribution in [0.15, 0.2) is 61.3 Å². The van der Waals surface area contributed by atoms with Crippen LogP contribution in [-0.2, 0) is 4.74 Å². The summed E-state index contributed by atoms with van der Waals surface area (Å²) in [6, 6.07) is 7.56. The summed E-state index contributed by atoms with van der Waals surface area (Å²) in [7, 11) is 4.97. The van der Waals surface area contributed by atoms with Gasteiger partial charge in [0.1, 0.15) is 40.6 Å². The molecule has 4 aliphatic rings. The lowest BCUT2D eigenvalue weighted by molar-refractivity contribution is 0.198. The third-order valence-electron chi connectivity index (χ3n) is 12.1. The molecule has 0 bridgehead atoms. The van der Waals surface area contributed by atoms with Gasteiger partial charge in [0.15, 0.2) is 34.9 Å². The van der Waals surface area contributed by atoms with Crippen LogP contribution in [0.5, 0.6) is 0 Å². The van der Waals surface area contributed by atoms with E-state index in [4.69, 9.17) is 39.5 Å². The van der Waals surface area contributed by atoms with E-state index in [0.29, 0.717) is 78.9 Å². The first-order valence-electron chi connectivity index (χ1n) is 23.4. The first kappa shape index (κ1) is 54.5. The number of aromatic nitrogens is 12. The van der Waals surface area contributed by atoms with Gasteiger partial charge in [0.05, 0.1) is 49.8 Å². The van der Waals surface area contributed by atoms with E-state index in [1.165, 1.54) is 44.5 Å². The Kier molecular flexibility index (Phi) is 17.0. The maximum absolute atomic E-state index is 13.7. The van der Waals surface area contributed by atoms with Gasteiger partial charge in [-0.25, -0.2) is 71.2 Å². The van der Waals surface area contributed by atoms with Gasteiger partial charge in [0, 0.05) is 100 Å². The Hall–Kier alpha value is -6.72. The minimum Gasteiger partial charge on any atom is -0.381 e. The van der Waals surface area contributed by atoms with Gasteiger partial charge in [-0.2, -0.15) is 0 Å². The van der Waals surface area contributed by atoms with Crippen LogP contribution in [0.4, 0.5) is 38.0 Å². The Morgan fingerprint density at radius 1 is 0.507 bits per heavy atom. The minimum atomic E-state index is -0.932. The van der Waals surface area contributed by atoms with Gasteiger partial charge in [0.25, 0.3) is 0 Å². The monoisotopic (exact) mass is 1100 g/mol. The molecule has 394 valence electrons. The molecule has 3 saturated carbocycles. The highest BCUT2D eigenvalue weighted by molar-refractivity contribution is 6.33. The van der Waals surface area contributed by atoms with E-state index < -0.39 is 34.9 Å². The first-order chi connectivity index (χ1) is 35.8. The summed E-state index contributed by atoms with van der Waals surface area (Å²) in [4.78, 5) is 37.5. The largest absolute Gasteiger partial charge is 0.381 e. The van der Waals surface area contributed by atoms with E-state index in [1.807, 2.05) is 13.7 Å². The highest BCUT2D eigenvalue weighted by Crippen LogP contribution is 2.45. The first-order valence-corrected chi connectivity index (χ1v) is 24.6. The van der Waals surface area contributed by atoms with E-state index in [2.05, 4.69) is 61.2 Å². The summed E-state index contributed by atoms with van der Waals surface area (Å²) in [5, 5.41) is 6.24. The van der Waals surface area contributed by atoms with Gasteiger partial charge in [-0.15, -0.1) is 0 Å². The van der Waals surface area contributed by atoms with Crippen LogP contribution in [-0.4, -0.2) is 92.9 Å². The summed E-state index contributed by atoms with van der Waals surface area (Å²) in [5.74, 6) is -2.53. The lowest BCUT2D eigenvalue weighted by Gasteiger charge is -2.10. The van der Waals surface area contributed by atoms with Gasteiger partial charge in [-0.3, -0.25) is 0 Å². The smallest absolute Gasteiger partial charge is 0.224 e. The fraction of sp³-hybridized carbons (Fsp3) is 0.340. The average Bonchev–Trinajstić information content (AvgIpc) is 4.38. The highest BCUT2D eigenvalue weighted by atomic mass is 35.5. The molecule has 75 heavy (non-hydrogen) atoms. The van der Waals surface area contributed by atoms with Crippen molar-refractivity contribution in [2.45, 2.75) is 76.9 Å². The third-order valence-corrected chi connectivity index (χ3v) is 12.8. The number of hydrogen-bond donors (Lipinski definition) is 3. The molecule has 0 unspecified atom stereocenters. The predicted octanol–water partition coefficient (Wildman–Crippen LogP) is 12.4. The quantitative estimate of drug-likeness (QED) is 0.0741. The molecule has 4 N–H and O–H groups in total. The van der Waals surface area contributed by atoms with Crippen LogP contribution >= 0.6 is 34.8 Å². The molecule has 3 aliphatic carbocycles. The van der Waals surface area contributed by atoms with E-state index in [0.717, 1.165) is 76.0 Å². The topological polar surface area (TPSA) is 190 Å². The number of nitrogens with two attached hydrogens (primary N) is 1. The Bertz CT molecular complexity index is 3500. The number of rotatable bonds is 8. The fourth-order valence-electron chi connectivity index (χ4n) is 8.36. The number of imidazole rings is 3. The van der Waals surface area contributed by atoms with Crippen molar-refractivity contribution in [1.29, 1.82) is 0 Å². The van der Waals surface area contributed by atoms with Gasteiger partial charge < -0.3 is 34.8 Å². The summed E-state index contributed by atoms with van der Waals surface area (Å²) in [6.07, 6.45) is 14.5. The van der Waals surface area contributed by atoms with Crippen molar-refractivity contribution in [2.24, 2.45) is 5.73 Å². The molecule has 0 spiro atoms. The molecule has 4 fully saturated rings. The van der Waals surface area contributed by atoms with Crippen molar-refractivity contribution in [3.8, 4) is 34.2 Å². The molecular weight excluding hydrogens is 1050 g/mol. The lowest BCUT2D eigenvalue weighted by Crippen LogP contribution is -2.03. The molecule has 9 aromatic rings. The van der Waals surface area contributed by atoms with Crippen LogP contribution in [0.2, 0.25) is 15.7 Å². The zero-order chi connectivity index (χ0) is 52.4. The zero-order valence-electron chi connectivity index (χ0n) is 39.8.